The van der Waals surface area contributed by atoms with Crippen LogP contribution in [0.4, 0.5) is 13.2 Å². The summed E-state index contributed by atoms with van der Waals surface area (Å²) >= 11 is 0. The molecule has 0 unspecified atom stereocenters. The van der Waals surface area contributed by atoms with Crippen molar-refractivity contribution in [2.45, 2.75) is 31.5 Å². The van der Waals surface area contributed by atoms with Crippen molar-refractivity contribution in [3.8, 4) is 0 Å². The predicted octanol–water partition coefficient (Wildman–Crippen LogP) is 2.15. The Hall–Kier alpha value is -0.780. The van der Waals surface area contributed by atoms with Gasteiger partial charge in [-0.25, -0.2) is 0 Å². The first-order chi connectivity index (χ1) is 7.93. The van der Waals surface area contributed by atoms with E-state index in [1.165, 1.54) is 7.11 Å². The van der Waals surface area contributed by atoms with Gasteiger partial charge in [-0.1, -0.05) is 0 Å². The second-order valence-electron chi connectivity index (χ2n) is 4.70. The van der Waals surface area contributed by atoms with Gasteiger partial charge in [-0.05, 0) is 19.3 Å². The summed E-state index contributed by atoms with van der Waals surface area (Å²) in [6.07, 6.45) is -4.25. The summed E-state index contributed by atoms with van der Waals surface area (Å²) in [6.45, 7) is 0.438. The molecule has 2 aliphatic rings. The summed E-state index contributed by atoms with van der Waals surface area (Å²) in [7, 11) is 1.21. The van der Waals surface area contributed by atoms with Crippen LogP contribution >= 0.6 is 0 Å². The number of esters is 1. The number of carbonyl (C=O) groups excluding carboxylic acids is 1. The van der Waals surface area contributed by atoms with Gasteiger partial charge < -0.3 is 9.47 Å². The van der Waals surface area contributed by atoms with Crippen molar-refractivity contribution >= 4 is 5.97 Å². The third-order valence-corrected chi connectivity index (χ3v) is 3.80. The van der Waals surface area contributed by atoms with E-state index in [0.717, 1.165) is 0 Å². The molecule has 1 saturated heterocycles. The Bertz CT molecular complexity index is 303. The van der Waals surface area contributed by atoms with E-state index >= 15 is 0 Å². The van der Waals surface area contributed by atoms with Gasteiger partial charge in [0.05, 0.1) is 25.0 Å². The largest absolute Gasteiger partial charge is 0.469 e. The molecule has 3 nitrogen and oxygen atoms in total. The zero-order valence-corrected chi connectivity index (χ0v) is 9.50. The maximum atomic E-state index is 12.7. The Morgan fingerprint density at radius 3 is 2.65 bits per heavy atom. The van der Waals surface area contributed by atoms with Gasteiger partial charge in [0.15, 0.2) is 0 Å². The quantitative estimate of drug-likeness (QED) is 0.671. The van der Waals surface area contributed by atoms with Gasteiger partial charge >= 0.3 is 12.1 Å². The molecule has 0 N–H and O–H groups in total. The van der Waals surface area contributed by atoms with E-state index in [0.29, 0.717) is 13.0 Å². The average Bonchev–Trinajstić information content (AvgIpc) is 2.73. The zero-order chi connectivity index (χ0) is 12.6. The van der Waals surface area contributed by atoms with Crippen LogP contribution < -0.4 is 0 Å². The molecule has 0 aromatic carbocycles. The van der Waals surface area contributed by atoms with Gasteiger partial charge in [0.1, 0.15) is 0 Å². The van der Waals surface area contributed by atoms with E-state index in [9.17, 15) is 18.0 Å². The molecule has 6 heteroatoms. The topological polar surface area (TPSA) is 35.5 Å². The molecule has 0 amide bonds. The van der Waals surface area contributed by atoms with Crippen molar-refractivity contribution in [1.29, 1.82) is 0 Å². The molecule has 1 saturated carbocycles. The van der Waals surface area contributed by atoms with Crippen LogP contribution in [0.2, 0.25) is 0 Å². The summed E-state index contributed by atoms with van der Waals surface area (Å²) in [5.74, 6) is -2.78. The third kappa shape index (κ3) is 2.41. The Labute approximate surface area is 97.3 Å². The smallest absolute Gasteiger partial charge is 0.391 e. The Kier molecular flexibility index (Phi) is 3.34. The van der Waals surface area contributed by atoms with Crippen LogP contribution in [0.25, 0.3) is 0 Å². The molecule has 98 valence electrons. The Morgan fingerprint density at radius 1 is 1.35 bits per heavy atom. The fraction of sp³-hybridized carbons (Fsp3) is 0.909. The highest BCUT2D eigenvalue weighted by Crippen LogP contribution is 2.47. The molecule has 2 fully saturated rings. The van der Waals surface area contributed by atoms with Crippen LogP contribution in [0.15, 0.2) is 0 Å². The van der Waals surface area contributed by atoms with Crippen LogP contribution in [0.3, 0.4) is 0 Å². The Morgan fingerprint density at radius 2 is 2.06 bits per heavy atom. The van der Waals surface area contributed by atoms with Gasteiger partial charge in [0.2, 0.25) is 0 Å². The molecular formula is C11H15F3O3. The maximum Gasteiger partial charge on any atom is 0.391 e. The van der Waals surface area contributed by atoms with Crippen molar-refractivity contribution < 1.29 is 27.4 Å². The minimum Gasteiger partial charge on any atom is -0.469 e. The number of halogens is 3. The van der Waals surface area contributed by atoms with E-state index in [-0.39, 0.29) is 18.8 Å². The monoisotopic (exact) mass is 252 g/mol. The fourth-order valence-corrected chi connectivity index (χ4v) is 2.92. The highest BCUT2D eigenvalue weighted by Gasteiger charge is 2.52. The summed E-state index contributed by atoms with van der Waals surface area (Å²) in [4.78, 5) is 11.5. The Balaban J connectivity index is 2.16. The molecular weight excluding hydrogens is 237 g/mol. The maximum absolute atomic E-state index is 12.7. The number of methoxy groups -OCH3 is 1. The summed E-state index contributed by atoms with van der Waals surface area (Å²) < 4.78 is 48.1. The molecule has 0 spiro atoms. The van der Waals surface area contributed by atoms with Gasteiger partial charge in [-0.2, -0.15) is 13.2 Å². The molecule has 1 aliphatic heterocycles. The summed E-state index contributed by atoms with van der Waals surface area (Å²) in [5, 5.41) is 0. The second-order valence-corrected chi connectivity index (χ2v) is 4.70. The van der Waals surface area contributed by atoms with Crippen molar-refractivity contribution in [3.63, 3.8) is 0 Å². The van der Waals surface area contributed by atoms with E-state index in [1.54, 1.807) is 0 Å². The lowest BCUT2D eigenvalue weighted by atomic mass is 9.72. The lowest BCUT2D eigenvalue weighted by Crippen LogP contribution is -2.42. The molecule has 17 heavy (non-hydrogen) atoms. The van der Waals surface area contributed by atoms with Crippen LogP contribution in [0.1, 0.15) is 19.3 Å². The zero-order valence-electron chi connectivity index (χ0n) is 9.50. The minimum atomic E-state index is -4.26. The molecule has 0 aromatic heterocycles. The molecule has 0 aromatic rings. The van der Waals surface area contributed by atoms with Crippen LogP contribution in [0.5, 0.6) is 0 Å². The van der Waals surface area contributed by atoms with E-state index in [2.05, 4.69) is 4.74 Å². The predicted molar refractivity (Wildman–Crippen MR) is 52.1 cm³/mol. The lowest BCUT2D eigenvalue weighted by molar-refractivity contribution is -0.201. The molecule has 1 aliphatic carbocycles. The molecule has 1 heterocycles. The summed E-state index contributed by atoms with van der Waals surface area (Å²) in [6, 6.07) is 0. The highest BCUT2D eigenvalue weighted by molar-refractivity contribution is 5.73. The first-order valence-corrected chi connectivity index (χ1v) is 5.69. The number of hydrogen-bond acceptors (Lipinski definition) is 3. The third-order valence-electron chi connectivity index (χ3n) is 3.80. The van der Waals surface area contributed by atoms with Crippen molar-refractivity contribution in [2.24, 2.45) is 17.8 Å². The number of carbonyl (C=O) groups is 1. The molecule has 4 atom stereocenters. The first kappa shape index (κ1) is 12.7. The highest BCUT2D eigenvalue weighted by atomic mass is 19.4. The van der Waals surface area contributed by atoms with Crippen molar-refractivity contribution in [2.75, 3.05) is 13.7 Å². The van der Waals surface area contributed by atoms with Gasteiger partial charge in [0, 0.05) is 12.5 Å². The average molecular weight is 252 g/mol. The van der Waals surface area contributed by atoms with Crippen molar-refractivity contribution in [1.82, 2.24) is 0 Å². The lowest BCUT2D eigenvalue weighted by Gasteiger charge is -2.36. The van der Waals surface area contributed by atoms with E-state index < -0.39 is 30.1 Å². The summed E-state index contributed by atoms with van der Waals surface area (Å²) in [5.41, 5.74) is 0. The molecule has 2 rings (SSSR count). The fourth-order valence-electron chi connectivity index (χ4n) is 2.92. The first-order valence-electron chi connectivity index (χ1n) is 5.69. The SMILES string of the molecule is COC(=O)[C@@H]1C[C@H](C(F)(F)F)C[C@@H]2OCC[C@H]21. The number of alkyl halides is 3. The number of hydrogen-bond donors (Lipinski definition) is 0. The molecule has 0 bridgehead atoms. The van der Waals surface area contributed by atoms with Crippen LogP contribution in [-0.4, -0.2) is 32.0 Å². The standard InChI is InChI=1S/C11H15F3O3/c1-16-10(15)8-4-6(11(12,13)14)5-9-7(8)2-3-17-9/h6-9H,2-5H2,1H3/t6-,7-,8+,9-/m0/s1. The second kappa shape index (κ2) is 4.48. The number of fused-ring (bicyclic) bond motifs is 1. The number of rotatable bonds is 1. The van der Waals surface area contributed by atoms with Crippen LogP contribution in [-0.2, 0) is 14.3 Å². The van der Waals surface area contributed by atoms with Crippen molar-refractivity contribution in [3.05, 3.63) is 0 Å². The van der Waals surface area contributed by atoms with E-state index in [1.807, 2.05) is 0 Å². The normalized spacial score (nSPS) is 37.6. The molecule has 0 radical (unpaired) electrons. The van der Waals surface area contributed by atoms with Gasteiger partial charge in [0.25, 0.3) is 0 Å². The van der Waals surface area contributed by atoms with Crippen LogP contribution in [0, 0.1) is 17.8 Å². The minimum absolute atomic E-state index is 0.0261. The van der Waals surface area contributed by atoms with Gasteiger partial charge in [-0.15, -0.1) is 0 Å². The number of ether oxygens (including phenoxy) is 2. The van der Waals surface area contributed by atoms with Gasteiger partial charge in [-0.3, -0.25) is 4.79 Å². The van der Waals surface area contributed by atoms with E-state index in [4.69, 9.17) is 4.74 Å².